The number of amides is 1. The maximum absolute atomic E-state index is 13.3. The minimum Gasteiger partial charge on any atom is -0.392 e. The van der Waals surface area contributed by atoms with Gasteiger partial charge in [0.1, 0.15) is 11.6 Å². The quantitative estimate of drug-likeness (QED) is 0.847. The Hall–Kier alpha value is -1.53. The van der Waals surface area contributed by atoms with E-state index in [9.17, 15) is 18.7 Å². The number of halogens is 2. The van der Waals surface area contributed by atoms with Crippen LogP contribution in [0.4, 0.5) is 14.5 Å². The zero-order chi connectivity index (χ0) is 13.1. The number of β-amino-alcohol motifs (C(OH)–C–C–N with tert-alkyl or cyclic N) is 1. The van der Waals surface area contributed by atoms with Crippen molar-refractivity contribution in [2.75, 3.05) is 25.0 Å². The van der Waals surface area contributed by atoms with Gasteiger partial charge in [-0.25, -0.2) is 8.78 Å². The fourth-order valence-corrected chi connectivity index (χ4v) is 1.94. The van der Waals surface area contributed by atoms with E-state index in [0.717, 1.165) is 12.1 Å². The molecule has 1 aliphatic rings. The molecule has 2 rings (SSSR count). The molecule has 4 nitrogen and oxygen atoms in total. The molecule has 1 heterocycles. The minimum atomic E-state index is -0.801. The second-order valence-electron chi connectivity index (χ2n) is 4.35. The predicted octanol–water partition coefficient (Wildman–Crippen LogP) is 0.970. The number of aliphatic hydroxyl groups excluding tert-OH is 1. The molecule has 0 aromatic heterocycles. The highest BCUT2D eigenvalue weighted by Gasteiger charge is 2.22. The topological polar surface area (TPSA) is 52.6 Å². The number of nitrogens with zero attached hydrogens (tertiary/aromatic N) is 1. The summed E-state index contributed by atoms with van der Waals surface area (Å²) in [5.74, 6) is -1.87. The summed E-state index contributed by atoms with van der Waals surface area (Å²) >= 11 is 0. The number of hydrogen-bond acceptors (Lipinski definition) is 3. The molecule has 1 fully saturated rings. The third-order valence-corrected chi connectivity index (χ3v) is 2.82. The Labute approximate surface area is 103 Å². The smallest absolute Gasteiger partial charge is 0.238 e. The van der Waals surface area contributed by atoms with E-state index in [2.05, 4.69) is 5.32 Å². The van der Waals surface area contributed by atoms with Crippen molar-refractivity contribution in [2.24, 2.45) is 0 Å². The SMILES string of the molecule is O=C(CN1CC[C@H](O)C1)Nc1ccc(F)cc1F. The highest BCUT2D eigenvalue weighted by atomic mass is 19.1. The summed E-state index contributed by atoms with van der Waals surface area (Å²) in [4.78, 5) is 13.4. The molecule has 2 N–H and O–H groups in total. The first-order valence-corrected chi connectivity index (χ1v) is 5.70. The Kier molecular flexibility index (Phi) is 3.88. The minimum absolute atomic E-state index is 0.0406. The van der Waals surface area contributed by atoms with Crippen molar-refractivity contribution < 1.29 is 18.7 Å². The summed E-state index contributed by atoms with van der Waals surface area (Å²) in [5.41, 5.74) is -0.0406. The molecule has 0 saturated carbocycles. The first kappa shape index (κ1) is 12.9. The van der Waals surface area contributed by atoms with E-state index in [1.54, 1.807) is 4.90 Å². The fraction of sp³-hybridized carbons (Fsp3) is 0.417. The van der Waals surface area contributed by atoms with Crippen LogP contribution in [0.1, 0.15) is 6.42 Å². The average Bonchev–Trinajstić information content (AvgIpc) is 2.68. The summed E-state index contributed by atoms with van der Waals surface area (Å²) in [7, 11) is 0. The number of carbonyl (C=O) groups is 1. The molecule has 98 valence electrons. The molecule has 1 aromatic rings. The number of likely N-dealkylation sites (tertiary alicyclic amines) is 1. The van der Waals surface area contributed by atoms with Gasteiger partial charge >= 0.3 is 0 Å². The lowest BCUT2D eigenvalue weighted by atomic mass is 10.3. The second kappa shape index (κ2) is 5.41. The van der Waals surface area contributed by atoms with Gasteiger partial charge in [0.15, 0.2) is 0 Å². The highest BCUT2D eigenvalue weighted by Crippen LogP contribution is 2.15. The number of benzene rings is 1. The molecule has 1 amide bonds. The normalized spacial score (nSPS) is 20.1. The van der Waals surface area contributed by atoms with Gasteiger partial charge in [-0.15, -0.1) is 0 Å². The summed E-state index contributed by atoms with van der Waals surface area (Å²) in [5, 5.41) is 11.7. The standard InChI is InChI=1S/C12H14F2N2O2/c13-8-1-2-11(10(14)5-8)15-12(18)7-16-4-3-9(17)6-16/h1-2,5,9,17H,3-4,6-7H2,(H,15,18)/t9-/m0/s1. The predicted molar refractivity (Wildman–Crippen MR) is 62.1 cm³/mol. The molecule has 0 bridgehead atoms. The first-order chi connectivity index (χ1) is 8.54. The second-order valence-corrected chi connectivity index (χ2v) is 4.35. The van der Waals surface area contributed by atoms with Crippen LogP contribution < -0.4 is 5.32 Å². The molecule has 0 unspecified atom stereocenters. The van der Waals surface area contributed by atoms with Gasteiger partial charge in [-0.05, 0) is 18.6 Å². The maximum Gasteiger partial charge on any atom is 0.238 e. The van der Waals surface area contributed by atoms with Crippen LogP contribution in [0, 0.1) is 11.6 Å². The van der Waals surface area contributed by atoms with Crippen LogP contribution in [0.5, 0.6) is 0 Å². The van der Waals surface area contributed by atoms with Gasteiger partial charge in [-0.2, -0.15) is 0 Å². The zero-order valence-electron chi connectivity index (χ0n) is 9.70. The summed E-state index contributed by atoms with van der Waals surface area (Å²) < 4.78 is 25.9. The van der Waals surface area contributed by atoms with E-state index in [1.807, 2.05) is 0 Å². The van der Waals surface area contributed by atoms with Crippen LogP contribution in [0.25, 0.3) is 0 Å². The lowest BCUT2D eigenvalue weighted by Gasteiger charge is -2.14. The first-order valence-electron chi connectivity index (χ1n) is 5.70. The van der Waals surface area contributed by atoms with Crippen molar-refractivity contribution in [3.05, 3.63) is 29.8 Å². The van der Waals surface area contributed by atoms with E-state index < -0.39 is 17.7 Å². The van der Waals surface area contributed by atoms with Gasteiger partial charge in [-0.1, -0.05) is 0 Å². The van der Waals surface area contributed by atoms with Crippen molar-refractivity contribution in [1.82, 2.24) is 4.90 Å². The van der Waals surface area contributed by atoms with Crippen LogP contribution in [0.2, 0.25) is 0 Å². The van der Waals surface area contributed by atoms with E-state index >= 15 is 0 Å². The van der Waals surface area contributed by atoms with Gasteiger partial charge in [-0.3, -0.25) is 9.69 Å². The van der Waals surface area contributed by atoms with Crippen molar-refractivity contribution in [1.29, 1.82) is 0 Å². The van der Waals surface area contributed by atoms with Gasteiger partial charge in [0.25, 0.3) is 0 Å². The van der Waals surface area contributed by atoms with Crippen molar-refractivity contribution >= 4 is 11.6 Å². The number of carbonyl (C=O) groups excluding carboxylic acids is 1. The van der Waals surface area contributed by atoms with E-state index in [-0.39, 0.29) is 18.1 Å². The van der Waals surface area contributed by atoms with Crippen LogP contribution >= 0.6 is 0 Å². The number of anilines is 1. The van der Waals surface area contributed by atoms with Gasteiger partial charge in [0.2, 0.25) is 5.91 Å². The Bertz CT molecular complexity index is 454. The van der Waals surface area contributed by atoms with Gasteiger partial charge < -0.3 is 10.4 Å². The Morgan fingerprint density at radius 2 is 2.28 bits per heavy atom. The highest BCUT2D eigenvalue weighted by molar-refractivity contribution is 5.92. The van der Waals surface area contributed by atoms with Crippen molar-refractivity contribution in [3.8, 4) is 0 Å². The summed E-state index contributed by atoms with van der Waals surface area (Å²) in [6.45, 7) is 1.17. The molecular formula is C12H14F2N2O2. The number of hydrogen-bond donors (Lipinski definition) is 2. The largest absolute Gasteiger partial charge is 0.392 e. The van der Waals surface area contributed by atoms with Crippen molar-refractivity contribution in [2.45, 2.75) is 12.5 Å². The van der Waals surface area contributed by atoms with Gasteiger partial charge in [0, 0.05) is 19.2 Å². The van der Waals surface area contributed by atoms with E-state index in [1.165, 1.54) is 6.07 Å². The average molecular weight is 256 g/mol. The number of nitrogens with one attached hydrogen (secondary N) is 1. The monoisotopic (exact) mass is 256 g/mol. The zero-order valence-corrected chi connectivity index (χ0v) is 9.70. The molecule has 0 aliphatic carbocycles. The molecule has 1 aliphatic heterocycles. The number of aliphatic hydroxyl groups is 1. The third kappa shape index (κ3) is 3.24. The molecule has 6 heteroatoms. The molecule has 1 aromatic carbocycles. The van der Waals surface area contributed by atoms with Gasteiger partial charge in [0.05, 0.1) is 18.3 Å². The lowest BCUT2D eigenvalue weighted by Crippen LogP contribution is -2.32. The molecule has 0 radical (unpaired) electrons. The van der Waals surface area contributed by atoms with Crippen LogP contribution in [0.3, 0.4) is 0 Å². The Morgan fingerprint density at radius 3 is 2.89 bits per heavy atom. The maximum atomic E-state index is 13.3. The molecule has 18 heavy (non-hydrogen) atoms. The molecule has 1 atom stereocenters. The number of rotatable bonds is 3. The lowest BCUT2D eigenvalue weighted by molar-refractivity contribution is -0.117. The third-order valence-electron chi connectivity index (χ3n) is 2.82. The summed E-state index contributed by atoms with van der Waals surface area (Å²) in [6.07, 6.45) is 0.235. The van der Waals surface area contributed by atoms with Crippen molar-refractivity contribution in [3.63, 3.8) is 0 Å². The van der Waals surface area contributed by atoms with Crippen LogP contribution in [-0.4, -0.2) is 41.7 Å². The summed E-state index contributed by atoms with van der Waals surface area (Å²) in [6, 6.07) is 2.98. The van der Waals surface area contributed by atoms with Crippen LogP contribution in [-0.2, 0) is 4.79 Å². The fourth-order valence-electron chi connectivity index (χ4n) is 1.94. The van der Waals surface area contributed by atoms with E-state index in [4.69, 9.17) is 0 Å². The Morgan fingerprint density at radius 1 is 1.50 bits per heavy atom. The Balaban J connectivity index is 1.91. The molecule has 1 saturated heterocycles. The van der Waals surface area contributed by atoms with Crippen LogP contribution in [0.15, 0.2) is 18.2 Å². The molecular weight excluding hydrogens is 242 g/mol. The molecule has 0 spiro atoms. The van der Waals surface area contributed by atoms with E-state index in [0.29, 0.717) is 19.5 Å².